The molecule has 0 amide bonds. The van der Waals surface area contributed by atoms with E-state index in [2.05, 4.69) is 4.40 Å². The van der Waals surface area contributed by atoms with E-state index in [-0.39, 0.29) is 21.2 Å². The molecule has 0 unspecified atom stereocenters. The highest BCUT2D eigenvalue weighted by atomic mass is 35.5. The van der Waals surface area contributed by atoms with Gasteiger partial charge in [-0.1, -0.05) is 29.8 Å². The van der Waals surface area contributed by atoms with E-state index < -0.39 is 26.1 Å². The van der Waals surface area contributed by atoms with Crippen molar-refractivity contribution < 1.29 is 13.2 Å². The van der Waals surface area contributed by atoms with Crippen LogP contribution >= 0.6 is 34.8 Å². The van der Waals surface area contributed by atoms with Crippen molar-refractivity contribution in [1.29, 1.82) is 0 Å². The van der Waals surface area contributed by atoms with Crippen LogP contribution in [0.3, 0.4) is 0 Å². The summed E-state index contributed by atoms with van der Waals surface area (Å²) in [6.45, 7) is 2.87. The molecular formula is C14H12Cl3NO3S. The summed E-state index contributed by atoms with van der Waals surface area (Å²) in [7, 11) is -3.98. The Kier molecular flexibility index (Phi) is 4.74. The quantitative estimate of drug-likeness (QED) is 0.737. The van der Waals surface area contributed by atoms with Crippen LogP contribution in [0, 0.1) is 0 Å². The van der Waals surface area contributed by atoms with Gasteiger partial charge in [-0.15, -0.1) is 23.2 Å². The number of sulfonamides is 1. The third-order valence-corrected chi connectivity index (χ3v) is 6.24. The second kappa shape index (κ2) is 5.96. The molecule has 0 spiro atoms. The number of rotatable bonds is 2. The van der Waals surface area contributed by atoms with Crippen molar-refractivity contribution >= 4 is 56.3 Å². The molecule has 0 bridgehead atoms. The lowest BCUT2D eigenvalue weighted by atomic mass is 9.87. The Balaban J connectivity index is 2.63. The molecule has 0 radical (unpaired) electrons. The molecule has 22 heavy (non-hydrogen) atoms. The van der Waals surface area contributed by atoms with Gasteiger partial charge in [0.2, 0.25) is 0 Å². The molecule has 8 heteroatoms. The number of allylic oxidation sites excluding steroid dienone is 2. The first kappa shape index (κ1) is 17.5. The third kappa shape index (κ3) is 2.95. The van der Waals surface area contributed by atoms with Crippen molar-refractivity contribution in [3.63, 3.8) is 0 Å². The number of hydrogen-bond donors (Lipinski definition) is 0. The first-order valence-corrected chi connectivity index (χ1v) is 8.86. The fourth-order valence-electron chi connectivity index (χ4n) is 1.95. The number of benzene rings is 1. The van der Waals surface area contributed by atoms with Crippen LogP contribution in [0.2, 0.25) is 0 Å². The largest absolute Gasteiger partial charge is 0.291 e. The Morgan fingerprint density at radius 1 is 1.23 bits per heavy atom. The van der Waals surface area contributed by atoms with Crippen LogP contribution in [0.1, 0.15) is 13.8 Å². The van der Waals surface area contributed by atoms with E-state index in [1.54, 1.807) is 18.2 Å². The number of alkyl halides is 2. The monoisotopic (exact) mass is 379 g/mol. The van der Waals surface area contributed by atoms with Gasteiger partial charge < -0.3 is 0 Å². The molecule has 0 aliphatic heterocycles. The smallest absolute Gasteiger partial charge is 0.282 e. The summed E-state index contributed by atoms with van der Waals surface area (Å²) in [5, 5.41) is -1.26. The minimum atomic E-state index is -3.98. The van der Waals surface area contributed by atoms with E-state index in [0.29, 0.717) is 0 Å². The van der Waals surface area contributed by atoms with Crippen molar-refractivity contribution in [2.24, 2.45) is 4.40 Å². The summed E-state index contributed by atoms with van der Waals surface area (Å²) in [5.74, 6) is -0.551. The van der Waals surface area contributed by atoms with Crippen LogP contribution in [0.5, 0.6) is 0 Å². The fourth-order valence-corrected chi connectivity index (χ4v) is 3.97. The number of carbonyl (C=O) groups is 1. The molecule has 0 aromatic heterocycles. The Hall–Kier alpha value is -0.880. The average Bonchev–Trinajstić information content (AvgIpc) is 2.49. The summed E-state index contributed by atoms with van der Waals surface area (Å²) in [6, 6.07) is 7.68. The number of hydrogen-bond acceptors (Lipinski definition) is 3. The van der Waals surface area contributed by atoms with Crippen molar-refractivity contribution in [3.8, 4) is 0 Å². The molecule has 0 saturated heterocycles. The summed E-state index contributed by atoms with van der Waals surface area (Å²) < 4.78 is 28.5. The van der Waals surface area contributed by atoms with E-state index in [4.69, 9.17) is 34.8 Å². The first-order chi connectivity index (χ1) is 10.1. The molecule has 4 nitrogen and oxygen atoms in total. The molecule has 2 rings (SSSR count). The SMILES string of the molecule is CC1=C(Cl)C(=O)[C@](C)(Cl)[C@H](Cl)C1=NS(=O)(=O)c1ccccc1. The van der Waals surface area contributed by atoms with Crippen molar-refractivity contribution in [2.45, 2.75) is 29.0 Å². The van der Waals surface area contributed by atoms with E-state index in [9.17, 15) is 13.2 Å². The predicted molar refractivity (Wildman–Crippen MR) is 88.5 cm³/mol. The molecule has 1 aliphatic rings. The molecule has 2 atom stereocenters. The molecule has 1 aliphatic carbocycles. The maximum absolute atomic E-state index is 12.4. The maximum atomic E-state index is 12.4. The van der Waals surface area contributed by atoms with Gasteiger partial charge in [-0.25, -0.2) is 0 Å². The Morgan fingerprint density at radius 3 is 2.32 bits per heavy atom. The maximum Gasteiger partial charge on any atom is 0.282 e. The van der Waals surface area contributed by atoms with Crippen molar-refractivity contribution in [3.05, 3.63) is 40.9 Å². The average molecular weight is 381 g/mol. The van der Waals surface area contributed by atoms with Crippen molar-refractivity contribution in [1.82, 2.24) is 0 Å². The number of Topliss-reactive ketones (excluding diaryl/α,β-unsaturated/α-hetero) is 1. The molecule has 0 saturated carbocycles. The molecule has 0 fully saturated rings. The number of halogens is 3. The van der Waals surface area contributed by atoms with Crippen LogP contribution in [0.15, 0.2) is 50.2 Å². The van der Waals surface area contributed by atoms with Crippen LogP contribution < -0.4 is 0 Å². The molecule has 1 aromatic carbocycles. The van der Waals surface area contributed by atoms with Gasteiger partial charge in [0.15, 0.2) is 5.78 Å². The minimum absolute atomic E-state index is 0.0171. The third-order valence-electron chi connectivity index (χ3n) is 3.33. The van der Waals surface area contributed by atoms with Crippen LogP contribution in [0.25, 0.3) is 0 Å². The van der Waals surface area contributed by atoms with Gasteiger partial charge in [0, 0.05) is 0 Å². The van der Waals surface area contributed by atoms with Crippen LogP contribution in [-0.4, -0.2) is 30.2 Å². The normalized spacial score (nSPS) is 28.3. The molecular weight excluding hydrogens is 369 g/mol. The number of carbonyl (C=O) groups excluding carboxylic acids is 1. The van der Waals surface area contributed by atoms with Gasteiger partial charge in [-0.05, 0) is 31.6 Å². The second-order valence-electron chi connectivity index (χ2n) is 4.97. The lowest BCUT2D eigenvalue weighted by Gasteiger charge is -2.32. The molecule has 0 N–H and O–H groups in total. The highest BCUT2D eigenvalue weighted by molar-refractivity contribution is 7.90. The number of nitrogens with zero attached hydrogens (tertiary/aromatic N) is 1. The van der Waals surface area contributed by atoms with Gasteiger partial charge in [0.1, 0.15) is 10.3 Å². The zero-order valence-corrected chi connectivity index (χ0v) is 14.8. The Morgan fingerprint density at radius 2 is 1.77 bits per heavy atom. The fraction of sp³-hybridized carbons (Fsp3) is 0.286. The summed E-state index contributed by atoms with van der Waals surface area (Å²) >= 11 is 18.3. The van der Waals surface area contributed by atoms with Gasteiger partial charge in [-0.3, -0.25) is 4.79 Å². The summed E-state index contributed by atoms with van der Waals surface area (Å²) in [6.07, 6.45) is 0. The Bertz CT molecular complexity index is 783. The van der Waals surface area contributed by atoms with Crippen LogP contribution in [-0.2, 0) is 14.8 Å². The van der Waals surface area contributed by atoms with E-state index in [0.717, 1.165) is 0 Å². The Labute approximate surface area is 143 Å². The van der Waals surface area contributed by atoms with Gasteiger partial charge >= 0.3 is 0 Å². The summed E-state index contributed by atoms with van der Waals surface area (Å²) in [5.41, 5.74) is 0.192. The van der Waals surface area contributed by atoms with E-state index >= 15 is 0 Å². The lowest BCUT2D eigenvalue weighted by molar-refractivity contribution is -0.117. The second-order valence-corrected chi connectivity index (χ2v) is 8.17. The standard InChI is InChI=1S/C14H12Cl3NO3S/c1-8-10(15)13(19)14(2,17)12(16)11(8)18-22(20,21)9-6-4-3-5-7-9/h3-7,12H,1-2H3/t12-,14-/m1/s1. The van der Waals surface area contributed by atoms with Gasteiger partial charge in [0.25, 0.3) is 10.0 Å². The topological polar surface area (TPSA) is 63.6 Å². The minimum Gasteiger partial charge on any atom is -0.291 e. The highest BCUT2D eigenvalue weighted by Gasteiger charge is 2.48. The van der Waals surface area contributed by atoms with E-state index in [1.165, 1.54) is 26.0 Å². The van der Waals surface area contributed by atoms with E-state index in [1.807, 2.05) is 0 Å². The highest BCUT2D eigenvalue weighted by Crippen LogP contribution is 2.38. The number of ketones is 1. The van der Waals surface area contributed by atoms with Gasteiger partial charge in [0.05, 0.1) is 15.6 Å². The zero-order chi connectivity index (χ0) is 16.7. The molecule has 0 heterocycles. The van der Waals surface area contributed by atoms with Crippen LogP contribution in [0.4, 0.5) is 0 Å². The van der Waals surface area contributed by atoms with Crippen molar-refractivity contribution in [2.75, 3.05) is 0 Å². The summed E-state index contributed by atoms with van der Waals surface area (Å²) in [4.78, 5) is 10.5. The first-order valence-electron chi connectivity index (χ1n) is 6.23. The van der Waals surface area contributed by atoms with Gasteiger partial charge in [-0.2, -0.15) is 12.8 Å². The zero-order valence-electron chi connectivity index (χ0n) is 11.7. The molecule has 118 valence electrons. The lowest BCUT2D eigenvalue weighted by Crippen LogP contribution is -2.48. The molecule has 1 aromatic rings. The predicted octanol–water partition coefficient (Wildman–Crippen LogP) is 3.52.